The average molecular weight is 478 g/mol. The summed E-state index contributed by atoms with van der Waals surface area (Å²) in [4.78, 5) is 23.8. The molecule has 0 fully saturated rings. The second kappa shape index (κ2) is 9.08. The summed E-state index contributed by atoms with van der Waals surface area (Å²) in [5.41, 5.74) is 6.83. The quantitative estimate of drug-likeness (QED) is 0.563. The average Bonchev–Trinajstić information content (AvgIpc) is 2.69. The number of halogens is 3. The van der Waals surface area contributed by atoms with Crippen molar-refractivity contribution < 1.29 is 18.3 Å². The van der Waals surface area contributed by atoms with E-state index in [-0.39, 0.29) is 34.5 Å². The summed E-state index contributed by atoms with van der Waals surface area (Å²) in [5.74, 6) is -1.16. The summed E-state index contributed by atoms with van der Waals surface area (Å²) in [6.45, 7) is 1.79. The molecule has 6 nitrogen and oxygen atoms in total. The van der Waals surface area contributed by atoms with Crippen LogP contribution in [0.15, 0.2) is 57.8 Å². The molecule has 2 aromatic carbocycles. The first-order valence-electron chi connectivity index (χ1n) is 8.87. The molecule has 1 aromatic heterocycles. The lowest BCUT2D eigenvalue weighted by molar-refractivity contribution is 0.248. The number of carbonyl (C=O) groups is 1. The van der Waals surface area contributed by atoms with Gasteiger partial charge < -0.3 is 15.8 Å². The van der Waals surface area contributed by atoms with Crippen LogP contribution in [0.1, 0.15) is 16.8 Å². The molecule has 0 aliphatic carbocycles. The number of nitrogens with two attached hydrogens (primary N) is 1. The van der Waals surface area contributed by atoms with Crippen LogP contribution in [0.2, 0.25) is 0 Å². The molecule has 0 spiro atoms. The van der Waals surface area contributed by atoms with E-state index in [9.17, 15) is 18.4 Å². The van der Waals surface area contributed by atoms with Gasteiger partial charge in [0, 0.05) is 35.6 Å². The highest BCUT2D eigenvalue weighted by atomic mass is 79.9. The third-order valence-electron chi connectivity index (χ3n) is 4.33. The van der Waals surface area contributed by atoms with Crippen molar-refractivity contribution in [1.82, 2.24) is 9.88 Å². The molecule has 0 aliphatic heterocycles. The van der Waals surface area contributed by atoms with E-state index < -0.39 is 17.7 Å². The second-order valence-corrected chi connectivity index (χ2v) is 7.31. The maximum Gasteiger partial charge on any atom is 0.312 e. The highest BCUT2D eigenvalue weighted by Crippen LogP contribution is 2.25. The zero-order chi connectivity index (χ0) is 21.8. The molecule has 2 amide bonds. The number of nitrogens with one attached hydrogen (secondary N) is 1. The van der Waals surface area contributed by atoms with Gasteiger partial charge >= 0.3 is 6.03 Å². The standard InChI is InChI=1S/C21H18BrF2N3O3/c1-12-7-18(30-11-14-5-6-15(23)9-17(14)24)19(22)20(28)27(12)16-4-2-3-13(8-16)10-26-21(25)29/h2-9H,10-11H2,1H3,(H3,25,26,29). The van der Waals surface area contributed by atoms with Crippen molar-refractivity contribution in [3.05, 3.63) is 91.8 Å². The molecule has 156 valence electrons. The third kappa shape index (κ3) is 4.85. The monoisotopic (exact) mass is 477 g/mol. The van der Waals surface area contributed by atoms with Gasteiger partial charge in [0.15, 0.2) is 0 Å². The van der Waals surface area contributed by atoms with E-state index in [0.717, 1.165) is 17.7 Å². The van der Waals surface area contributed by atoms with E-state index in [2.05, 4.69) is 21.2 Å². The maximum absolute atomic E-state index is 13.8. The fourth-order valence-corrected chi connectivity index (χ4v) is 3.30. The molecule has 9 heteroatoms. The van der Waals surface area contributed by atoms with Gasteiger partial charge in [0.1, 0.15) is 28.5 Å². The Morgan fingerprint density at radius 2 is 1.97 bits per heavy atom. The number of aromatic nitrogens is 1. The van der Waals surface area contributed by atoms with Crippen molar-refractivity contribution >= 4 is 22.0 Å². The van der Waals surface area contributed by atoms with Gasteiger partial charge in [-0.1, -0.05) is 12.1 Å². The fraction of sp³-hybridized carbons (Fsp3) is 0.143. The summed E-state index contributed by atoms with van der Waals surface area (Å²) in [5, 5.41) is 2.50. The van der Waals surface area contributed by atoms with Gasteiger partial charge in [-0.15, -0.1) is 0 Å². The highest BCUT2D eigenvalue weighted by Gasteiger charge is 2.15. The molecule has 30 heavy (non-hydrogen) atoms. The minimum absolute atomic E-state index is 0.163. The van der Waals surface area contributed by atoms with E-state index in [1.807, 2.05) is 0 Å². The second-order valence-electron chi connectivity index (χ2n) is 6.52. The lowest BCUT2D eigenvalue weighted by Crippen LogP contribution is -2.28. The SMILES string of the molecule is Cc1cc(OCc2ccc(F)cc2F)c(Br)c(=O)n1-c1cccc(CNC(N)=O)c1. The number of amides is 2. The largest absolute Gasteiger partial charge is 0.487 e. The van der Waals surface area contributed by atoms with Crippen molar-refractivity contribution in [2.75, 3.05) is 0 Å². The molecular weight excluding hydrogens is 460 g/mol. The Morgan fingerprint density at radius 1 is 1.20 bits per heavy atom. The summed E-state index contributed by atoms with van der Waals surface area (Å²) in [7, 11) is 0. The van der Waals surface area contributed by atoms with Crippen LogP contribution in [0.5, 0.6) is 5.75 Å². The van der Waals surface area contributed by atoms with E-state index in [0.29, 0.717) is 11.4 Å². The number of hydrogen-bond donors (Lipinski definition) is 2. The van der Waals surface area contributed by atoms with Crippen LogP contribution in [0.3, 0.4) is 0 Å². The smallest absolute Gasteiger partial charge is 0.312 e. The molecule has 0 aliphatic rings. The van der Waals surface area contributed by atoms with E-state index in [1.54, 1.807) is 37.3 Å². The number of aryl methyl sites for hydroxylation is 1. The molecular formula is C21H18BrF2N3O3. The van der Waals surface area contributed by atoms with Gasteiger partial charge in [0.05, 0.1) is 0 Å². The minimum atomic E-state index is -0.724. The predicted molar refractivity (Wildman–Crippen MR) is 112 cm³/mol. The van der Waals surface area contributed by atoms with Crippen LogP contribution in [0, 0.1) is 18.6 Å². The summed E-state index contributed by atoms with van der Waals surface area (Å²) in [6.07, 6.45) is 0. The number of rotatable bonds is 6. The van der Waals surface area contributed by atoms with Gasteiger partial charge in [0.2, 0.25) is 0 Å². The Bertz CT molecular complexity index is 1160. The van der Waals surface area contributed by atoms with E-state index >= 15 is 0 Å². The van der Waals surface area contributed by atoms with Crippen molar-refractivity contribution in [2.45, 2.75) is 20.1 Å². The fourth-order valence-electron chi connectivity index (χ4n) is 2.90. The van der Waals surface area contributed by atoms with Crippen molar-refractivity contribution in [3.63, 3.8) is 0 Å². The number of nitrogens with zero attached hydrogens (tertiary/aromatic N) is 1. The lowest BCUT2D eigenvalue weighted by atomic mass is 10.2. The van der Waals surface area contributed by atoms with Crippen LogP contribution in [0.4, 0.5) is 13.6 Å². The minimum Gasteiger partial charge on any atom is -0.487 e. The normalized spacial score (nSPS) is 10.7. The summed E-state index contributed by atoms with van der Waals surface area (Å²) in [6, 6.07) is 11.3. The topological polar surface area (TPSA) is 86.3 Å². The van der Waals surface area contributed by atoms with Gasteiger partial charge in [-0.3, -0.25) is 9.36 Å². The Morgan fingerprint density at radius 3 is 2.67 bits per heavy atom. The van der Waals surface area contributed by atoms with Gasteiger partial charge in [0.25, 0.3) is 5.56 Å². The van der Waals surface area contributed by atoms with E-state index in [4.69, 9.17) is 10.5 Å². The zero-order valence-corrected chi connectivity index (χ0v) is 17.5. The molecule has 0 bridgehead atoms. The number of hydrogen-bond acceptors (Lipinski definition) is 3. The van der Waals surface area contributed by atoms with E-state index in [1.165, 1.54) is 10.6 Å². The first-order valence-corrected chi connectivity index (χ1v) is 9.67. The Labute approximate surface area is 179 Å². The number of benzene rings is 2. The van der Waals surface area contributed by atoms with Gasteiger partial charge in [-0.25, -0.2) is 13.6 Å². The summed E-state index contributed by atoms with van der Waals surface area (Å²) >= 11 is 3.25. The van der Waals surface area contributed by atoms with Gasteiger partial charge in [-0.05, 0) is 52.7 Å². The molecule has 0 radical (unpaired) electrons. The molecule has 3 aromatic rings. The third-order valence-corrected chi connectivity index (χ3v) is 5.06. The van der Waals surface area contributed by atoms with Crippen LogP contribution >= 0.6 is 15.9 Å². The molecule has 3 rings (SSSR count). The molecule has 0 saturated heterocycles. The van der Waals surface area contributed by atoms with Crippen molar-refractivity contribution in [1.29, 1.82) is 0 Å². The molecule has 0 atom stereocenters. The first kappa shape index (κ1) is 21.5. The van der Waals surface area contributed by atoms with Crippen LogP contribution < -0.4 is 21.3 Å². The van der Waals surface area contributed by atoms with Crippen molar-refractivity contribution in [2.24, 2.45) is 5.73 Å². The number of ether oxygens (including phenoxy) is 1. The van der Waals surface area contributed by atoms with Gasteiger partial charge in [-0.2, -0.15) is 0 Å². The number of pyridine rings is 1. The van der Waals surface area contributed by atoms with Crippen LogP contribution in [-0.4, -0.2) is 10.6 Å². The maximum atomic E-state index is 13.8. The molecule has 0 unspecified atom stereocenters. The Balaban J connectivity index is 1.89. The van der Waals surface area contributed by atoms with Crippen LogP contribution in [0.25, 0.3) is 5.69 Å². The Kier molecular flexibility index (Phi) is 6.51. The van der Waals surface area contributed by atoms with Crippen molar-refractivity contribution in [3.8, 4) is 11.4 Å². The van der Waals surface area contributed by atoms with Crippen LogP contribution in [-0.2, 0) is 13.2 Å². The lowest BCUT2D eigenvalue weighted by Gasteiger charge is -2.15. The first-order chi connectivity index (χ1) is 14.3. The predicted octanol–water partition coefficient (Wildman–Crippen LogP) is 3.93. The summed E-state index contributed by atoms with van der Waals surface area (Å²) < 4.78 is 34.1. The number of primary amides is 1. The molecule has 3 N–H and O–H groups in total. The highest BCUT2D eigenvalue weighted by molar-refractivity contribution is 9.10. The molecule has 0 saturated carbocycles. The Hall–Kier alpha value is -3.20. The number of carbonyl (C=O) groups excluding carboxylic acids is 1. The zero-order valence-electron chi connectivity index (χ0n) is 15.9. The number of urea groups is 1. The molecule has 1 heterocycles.